The molecule has 0 rings (SSSR count). The number of unbranched alkanes of at least 4 members (excludes halogenated alkanes) is 15. The van der Waals surface area contributed by atoms with Gasteiger partial charge in [0.05, 0.1) is 6.61 Å². The van der Waals surface area contributed by atoms with Crippen molar-refractivity contribution in [1.82, 2.24) is 0 Å². The highest BCUT2D eigenvalue weighted by molar-refractivity contribution is 5.69. The molecular weight excluding hydrogens is 344 g/mol. The van der Waals surface area contributed by atoms with E-state index >= 15 is 0 Å². The molecule has 2 nitrogen and oxygen atoms in total. The van der Waals surface area contributed by atoms with Crippen molar-refractivity contribution in [3.63, 3.8) is 0 Å². The van der Waals surface area contributed by atoms with E-state index < -0.39 is 0 Å². The quantitative estimate of drug-likeness (QED) is 0.135. The summed E-state index contributed by atoms with van der Waals surface area (Å²) in [5, 5.41) is 0. The molecule has 0 N–H and O–H groups in total. The highest BCUT2D eigenvalue weighted by atomic mass is 16.5. The van der Waals surface area contributed by atoms with Gasteiger partial charge in [-0.15, -0.1) is 0 Å². The molecule has 168 valence electrons. The Hall–Kier alpha value is -0.530. The molecule has 0 aromatic heterocycles. The third kappa shape index (κ3) is 21.8. The molecule has 0 radical (unpaired) electrons. The maximum Gasteiger partial charge on any atom is 0.305 e. The second-order valence-electron chi connectivity index (χ2n) is 8.96. The minimum atomic E-state index is 0.0151. The fraction of sp³-hybridized carbons (Fsp3) is 0.962. The molecular formula is C26H52O2. The summed E-state index contributed by atoms with van der Waals surface area (Å²) in [6.07, 6.45) is 25.7. The van der Waals surface area contributed by atoms with Crippen LogP contribution in [0.4, 0.5) is 0 Å². The van der Waals surface area contributed by atoms with Crippen LogP contribution >= 0.6 is 0 Å². The van der Waals surface area contributed by atoms with E-state index in [1.165, 1.54) is 109 Å². The van der Waals surface area contributed by atoms with Crippen molar-refractivity contribution in [1.29, 1.82) is 0 Å². The Balaban J connectivity index is 3.24. The first-order chi connectivity index (χ1) is 13.7. The molecule has 28 heavy (non-hydrogen) atoms. The van der Waals surface area contributed by atoms with Crippen LogP contribution in [0.3, 0.4) is 0 Å². The fourth-order valence-electron chi connectivity index (χ4n) is 3.80. The van der Waals surface area contributed by atoms with Crippen LogP contribution in [0.1, 0.15) is 149 Å². The summed E-state index contributed by atoms with van der Waals surface area (Å²) in [5.74, 6) is 0.697. The minimum Gasteiger partial charge on any atom is -0.466 e. The molecule has 2 heteroatoms. The van der Waals surface area contributed by atoms with Crippen LogP contribution in [0.25, 0.3) is 0 Å². The van der Waals surface area contributed by atoms with E-state index in [0.717, 1.165) is 12.8 Å². The first-order valence-electron chi connectivity index (χ1n) is 12.9. The Morgan fingerprint density at radius 1 is 0.607 bits per heavy atom. The third-order valence-corrected chi connectivity index (χ3v) is 5.91. The molecule has 0 aliphatic rings. The van der Waals surface area contributed by atoms with E-state index in [1.807, 2.05) is 0 Å². The Morgan fingerprint density at radius 3 is 1.54 bits per heavy atom. The average molecular weight is 397 g/mol. The Kier molecular flexibility index (Phi) is 22.3. The molecule has 0 saturated heterocycles. The number of ether oxygens (including phenoxy) is 1. The van der Waals surface area contributed by atoms with Gasteiger partial charge in [-0.25, -0.2) is 0 Å². The molecule has 0 bridgehead atoms. The third-order valence-electron chi connectivity index (χ3n) is 5.91. The Morgan fingerprint density at radius 2 is 1.04 bits per heavy atom. The van der Waals surface area contributed by atoms with Crippen LogP contribution in [0, 0.1) is 5.92 Å². The van der Waals surface area contributed by atoms with Crippen LogP contribution in [-0.4, -0.2) is 12.6 Å². The standard InChI is InChI=1S/C26H52O2/c1-4-6-8-10-11-12-13-14-15-16-17-18-20-22-26(27)28-24-23-25(3)21-19-9-7-5-2/h25H,4-24H2,1-3H3. The average Bonchev–Trinajstić information content (AvgIpc) is 2.69. The number of esters is 1. The molecule has 0 aliphatic heterocycles. The SMILES string of the molecule is CCCCCCCCCCCCCCCC(=O)OCCC(C)CCCCCC. The first kappa shape index (κ1) is 27.5. The number of rotatable bonds is 22. The maximum atomic E-state index is 11.8. The van der Waals surface area contributed by atoms with E-state index in [9.17, 15) is 4.79 Å². The fourth-order valence-corrected chi connectivity index (χ4v) is 3.80. The highest BCUT2D eigenvalue weighted by Gasteiger charge is 2.06. The molecule has 1 atom stereocenters. The highest BCUT2D eigenvalue weighted by Crippen LogP contribution is 2.15. The zero-order chi connectivity index (χ0) is 20.7. The minimum absolute atomic E-state index is 0.0151. The number of carbonyl (C=O) groups is 1. The van der Waals surface area contributed by atoms with Crippen molar-refractivity contribution in [2.45, 2.75) is 149 Å². The summed E-state index contributed by atoms with van der Waals surface area (Å²) < 4.78 is 5.41. The van der Waals surface area contributed by atoms with Crippen LogP contribution in [0.15, 0.2) is 0 Å². The van der Waals surface area contributed by atoms with Crippen molar-refractivity contribution in [3.05, 3.63) is 0 Å². The molecule has 0 fully saturated rings. The predicted molar refractivity (Wildman–Crippen MR) is 124 cm³/mol. The summed E-state index contributed by atoms with van der Waals surface area (Å²) in [5.41, 5.74) is 0. The number of hydrogen-bond acceptors (Lipinski definition) is 2. The summed E-state index contributed by atoms with van der Waals surface area (Å²) >= 11 is 0. The zero-order valence-electron chi connectivity index (χ0n) is 19.7. The van der Waals surface area contributed by atoms with E-state index in [4.69, 9.17) is 4.74 Å². The molecule has 0 amide bonds. The van der Waals surface area contributed by atoms with Crippen molar-refractivity contribution in [2.24, 2.45) is 5.92 Å². The van der Waals surface area contributed by atoms with E-state index in [1.54, 1.807) is 0 Å². The van der Waals surface area contributed by atoms with Crippen LogP contribution in [0.2, 0.25) is 0 Å². The molecule has 0 heterocycles. The summed E-state index contributed by atoms with van der Waals surface area (Å²) in [6, 6.07) is 0. The monoisotopic (exact) mass is 396 g/mol. The second-order valence-corrected chi connectivity index (χ2v) is 8.96. The maximum absolute atomic E-state index is 11.8. The number of carbonyl (C=O) groups excluding carboxylic acids is 1. The summed E-state index contributed by atoms with van der Waals surface area (Å²) in [6.45, 7) is 7.43. The molecule has 0 aromatic rings. The zero-order valence-corrected chi connectivity index (χ0v) is 19.7. The van der Waals surface area contributed by atoms with Gasteiger partial charge in [0.25, 0.3) is 0 Å². The summed E-state index contributed by atoms with van der Waals surface area (Å²) in [4.78, 5) is 11.8. The first-order valence-corrected chi connectivity index (χ1v) is 12.9. The van der Waals surface area contributed by atoms with Gasteiger partial charge in [0.2, 0.25) is 0 Å². The van der Waals surface area contributed by atoms with E-state index in [-0.39, 0.29) is 5.97 Å². The number of hydrogen-bond donors (Lipinski definition) is 0. The van der Waals surface area contributed by atoms with Crippen molar-refractivity contribution in [2.75, 3.05) is 6.61 Å². The lowest BCUT2D eigenvalue weighted by molar-refractivity contribution is -0.144. The largest absolute Gasteiger partial charge is 0.466 e. The van der Waals surface area contributed by atoms with Gasteiger partial charge in [-0.2, -0.15) is 0 Å². The van der Waals surface area contributed by atoms with E-state index in [0.29, 0.717) is 18.9 Å². The molecule has 0 aliphatic carbocycles. The van der Waals surface area contributed by atoms with Gasteiger partial charge < -0.3 is 4.74 Å². The van der Waals surface area contributed by atoms with E-state index in [2.05, 4.69) is 20.8 Å². The van der Waals surface area contributed by atoms with Gasteiger partial charge in [0.1, 0.15) is 0 Å². The second kappa shape index (κ2) is 22.8. The smallest absolute Gasteiger partial charge is 0.305 e. The van der Waals surface area contributed by atoms with Gasteiger partial charge in [0.15, 0.2) is 0 Å². The normalized spacial score (nSPS) is 12.2. The Bertz CT molecular complexity index is 314. The van der Waals surface area contributed by atoms with Gasteiger partial charge >= 0.3 is 5.97 Å². The van der Waals surface area contributed by atoms with Crippen LogP contribution < -0.4 is 0 Å². The van der Waals surface area contributed by atoms with Gasteiger partial charge in [-0.05, 0) is 18.8 Å². The van der Waals surface area contributed by atoms with Crippen molar-refractivity contribution < 1.29 is 9.53 Å². The topological polar surface area (TPSA) is 26.3 Å². The lowest BCUT2D eigenvalue weighted by Crippen LogP contribution is -2.08. The lowest BCUT2D eigenvalue weighted by atomic mass is 10.00. The van der Waals surface area contributed by atoms with Crippen molar-refractivity contribution >= 4 is 5.97 Å². The molecule has 0 spiro atoms. The van der Waals surface area contributed by atoms with Crippen molar-refractivity contribution in [3.8, 4) is 0 Å². The van der Waals surface area contributed by atoms with Crippen LogP contribution in [-0.2, 0) is 9.53 Å². The molecule has 0 aromatic carbocycles. The summed E-state index contributed by atoms with van der Waals surface area (Å²) in [7, 11) is 0. The predicted octanol–water partition coefficient (Wildman–Crippen LogP) is 9.01. The molecule has 0 saturated carbocycles. The Labute approximate surface area is 177 Å². The van der Waals surface area contributed by atoms with Crippen LogP contribution in [0.5, 0.6) is 0 Å². The van der Waals surface area contributed by atoms with Gasteiger partial charge in [-0.1, -0.05) is 130 Å². The van der Waals surface area contributed by atoms with Gasteiger partial charge in [0, 0.05) is 6.42 Å². The lowest BCUT2D eigenvalue weighted by Gasteiger charge is -2.11. The molecule has 1 unspecified atom stereocenters. The van der Waals surface area contributed by atoms with Gasteiger partial charge in [-0.3, -0.25) is 4.79 Å².